The number of carboxylic acid groups (broad SMARTS) is 1. The highest BCUT2D eigenvalue weighted by Gasteiger charge is 2.13. The highest BCUT2D eigenvalue weighted by Crippen LogP contribution is 2.23. The average molecular weight is 351 g/mol. The van der Waals surface area contributed by atoms with Crippen molar-refractivity contribution in [1.29, 1.82) is 0 Å². The Morgan fingerprint density at radius 1 is 1.00 bits per heavy atom. The van der Waals surface area contributed by atoms with Gasteiger partial charge in [0.15, 0.2) is 0 Å². The summed E-state index contributed by atoms with van der Waals surface area (Å²) < 4.78 is 0.765. The van der Waals surface area contributed by atoms with E-state index in [4.69, 9.17) is 17.3 Å². The SMILES string of the molecule is CCCCCCCCCCCCSC(=S)S[C@@H](C)C(=O)O. The van der Waals surface area contributed by atoms with E-state index in [1.165, 1.54) is 76.0 Å². The zero-order chi connectivity index (χ0) is 15.9. The van der Waals surface area contributed by atoms with Crippen molar-refractivity contribution in [2.45, 2.75) is 83.3 Å². The molecule has 0 aliphatic heterocycles. The predicted molar refractivity (Wildman–Crippen MR) is 102 cm³/mol. The van der Waals surface area contributed by atoms with Crippen LogP contribution in [0.5, 0.6) is 0 Å². The maximum atomic E-state index is 10.7. The van der Waals surface area contributed by atoms with Crippen LogP contribution in [-0.2, 0) is 4.79 Å². The summed E-state index contributed by atoms with van der Waals surface area (Å²) in [6.07, 6.45) is 13.4. The number of rotatable bonds is 13. The average Bonchev–Trinajstić information content (AvgIpc) is 2.44. The standard InChI is InChI=1S/C16H30O2S3/c1-3-4-5-6-7-8-9-10-11-12-13-20-16(19)21-14(2)15(17)18/h14H,3-13H2,1-2H3,(H,17,18)/t14-/m0/s1. The van der Waals surface area contributed by atoms with E-state index in [1.807, 2.05) is 0 Å². The van der Waals surface area contributed by atoms with Gasteiger partial charge in [-0.05, 0) is 19.1 Å². The number of carbonyl (C=O) groups is 1. The molecule has 0 saturated carbocycles. The van der Waals surface area contributed by atoms with Crippen molar-refractivity contribution in [2.75, 3.05) is 5.75 Å². The Morgan fingerprint density at radius 2 is 1.48 bits per heavy atom. The Balaban J connectivity index is 3.25. The van der Waals surface area contributed by atoms with Crippen molar-refractivity contribution in [3.8, 4) is 0 Å². The van der Waals surface area contributed by atoms with Crippen molar-refractivity contribution < 1.29 is 9.90 Å². The molecule has 124 valence electrons. The first-order valence-corrected chi connectivity index (χ1v) is 10.4. The van der Waals surface area contributed by atoms with Crippen LogP contribution in [0.3, 0.4) is 0 Å². The highest BCUT2D eigenvalue weighted by atomic mass is 32.2. The first kappa shape index (κ1) is 21.3. The van der Waals surface area contributed by atoms with Crippen LogP contribution in [-0.4, -0.2) is 25.6 Å². The van der Waals surface area contributed by atoms with Crippen LogP contribution in [0.4, 0.5) is 0 Å². The van der Waals surface area contributed by atoms with E-state index < -0.39 is 11.2 Å². The third-order valence-electron chi connectivity index (χ3n) is 3.34. The van der Waals surface area contributed by atoms with Crippen molar-refractivity contribution >= 4 is 45.2 Å². The predicted octanol–water partition coefficient (Wildman–Crippen LogP) is 6.13. The number of thiocarbonyl (C=S) groups is 1. The fraction of sp³-hybridized carbons (Fsp3) is 0.875. The molecule has 0 radical (unpaired) electrons. The summed E-state index contributed by atoms with van der Waals surface area (Å²) in [7, 11) is 0. The van der Waals surface area contributed by atoms with Crippen LogP contribution in [0.2, 0.25) is 0 Å². The molecule has 0 aromatic heterocycles. The molecule has 0 saturated heterocycles. The van der Waals surface area contributed by atoms with Crippen LogP contribution in [0, 0.1) is 0 Å². The Morgan fingerprint density at radius 3 is 1.95 bits per heavy atom. The molecule has 5 heteroatoms. The third kappa shape index (κ3) is 14.9. The number of hydrogen-bond donors (Lipinski definition) is 1. The smallest absolute Gasteiger partial charge is 0.316 e. The molecule has 0 heterocycles. The summed E-state index contributed by atoms with van der Waals surface area (Å²) in [4.78, 5) is 10.7. The molecule has 0 bridgehead atoms. The highest BCUT2D eigenvalue weighted by molar-refractivity contribution is 8.47. The van der Waals surface area contributed by atoms with Crippen LogP contribution in [0.1, 0.15) is 78.1 Å². The van der Waals surface area contributed by atoms with Gasteiger partial charge in [-0.25, -0.2) is 0 Å². The Labute approximate surface area is 144 Å². The largest absolute Gasteiger partial charge is 0.480 e. The minimum atomic E-state index is -0.790. The van der Waals surface area contributed by atoms with E-state index in [1.54, 1.807) is 18.7 Å². The van der Waals surface area contributed by atoms with Gasteiger partial charge in [0.25, 0.3) is 0 Å². The van der Waals surface area contributed by atoms with Crippen LogP contribution < -0.4 is 0 Å². The third-order valence-corrected chi connectivity index (χ3v) is 6.10. The lowest BCUT2D eigenvalue weighted by Gasteiger charge is -2.06. The van der Waals surface area contributed by atoms with E-state index in [9.17, 15) is 4.79 Å². The van der Waals surface area contributed by atoms with E-state index in [2.05, 4.69) is 6.92 Å². The molecular formula is C16H30O2S3. The van der Waals surface area contributed by atoms with Gasteiger partial charge in [0, 0.05) is 0 Å². The Hall–Kier alpha value is 0.260. The fourth-order valence-electron chi connectivity index (χ4n) is 1.97. The Bertz CT molecular complexity index is 283. The summed E-state index contributed by atoms with van der Waals surface area (Å²) >= 11 is 8.10. The summed E-state index contributed by atoms with van der Waals surface area (Å²) in [5.74, 6) is 0.233. The summed E-state index contributed by atoms with van der Waals surface area (Å²) in [5, 5.41) is 8.37. The second-order valence-electron chi connectivity index (χ2n) is 5.38. The zero-order valence-electron chi connectivity index (χ0n) is 13.4. The van der Waals surface area contributed by atoms with Gasteiger partial charge in [0.1, 0.15) is 8.78 Å². The van der Waals surface area contributed by atoms with Crippen molar-refractivity contribution in [2.24, 2.45) is 0 Å². The quantitative estimate of drug-likeness (QED) is 0.319. The summed E-state index contributed by atoms with van der Waals surface area (Å²) in [5.41, 5.74) is 0. The van der Waals surface area contributed by atoms with Crippen LogP contribution in [0.25, 0.3) is 0 Å². The van der Waals surface area contributed by atoms with E-state index in [0.717, 1.165) is 9.28 Å². The van der Waals surface area contributed by atoms with Crippen LogP contribution >= 0.6 is 35.7 Å². The molecule has 0 aliphatic carbocycles. The molecule has 0 aromatic carbocycles. The number of aliphatic carboxylic acids is 1. The van der Waals surface area contributed by atoms with Crippen molar-refractivity contribution in [3.63, 3.8) is 0 Å². The van der Waals surface area contributed by atoms with E-state index in [-0.39, 0.29) is 0 Å². The van der Waals surface area contributed by atoms with Gasteiger partial charge >= 0.3 is 5.97 Å². The number of unbranched alkanes of at least 4 members (excludes halogenated alkanes) is 9. The molecule has 0 aromatic rings. The Kier molecular flexibility index (Phi) is 15.4. The lowest BCUT2D eigenvalue weighted by Crippen LogP contribution is -2.12. The van der Waals surface area contributed by atoms with Gasteiger partial charge in [-0.15, -0.1) is 11.8 Å². The van der Waals surface area contributed by atoms with E-state index in [0.29, 0.717) is 0 Å². The molecule has 1 N–H and O–H groups in total. The second kappa shape index (κ2) is 15.2. The van der Waals surface area contributed by atoms with Crippen molar-refractivity contribution in [1.82, 2.24) is 0 Å². The molecule has 21 heavy (non-hydrogen) atoms. The van der Waals surface area contributed by atoms with Crippen LogP contribution in [0.15, 0.2) is 0 Å². The molecule has 2 nitrogen and oxygen atoms in total. The second-order valence-corrected chi connectivity index (χ2v) is 9.02. The fourth-order valence-corrected chi connectivity index (χ4v) is 4.52. The lowest BCUT2D eigenvalue weighted by molar-refractivity contribution is -0.136. The van der Waals surface area contributed by atoms with Crippen molar-refractivity contribution in [3.05, 3.63) is 0 Å². The monoisotopic (exact) mass is 350 g/mol. The van der Waals surface area contributed by atoms with Gasteiger partial charge < -0.3 is 5.11 Å². The molecule has 0 fully saturated rings. The maximum absolute atomic E-state index is 10.7. The molecule has 0 unspecified atom stereocenters. The molecule has 0 aliphatic rings. The van der Waals surface area contributed by atoms with Gasteiger partial charge in [0.2, 0.25) is 0 Å². The number of thioether (sulfide) groups is 2. The molecular weight excluding hydrogens is 320 g/mol. The topological polar surface area (TPSA) is 37.3 Å². The van der Waals surface area contributed by atoms with Gasteiger partial charge in [-0.3, -0.25) is 4.79 Å². The first-order chi connectivity index (χ1) is 10.1. The zero-order valence-corrected chi connectivity index (χ0v) is 15.9. The van der Waals surface area contributed by atoms with Gasteiger partial charge in [-0.2, -0.15) is 0 Å². The molecule has 1 atom stereocenters. The molecule has 0 spiro atoms. The summed E-state index contributed by atoms with van der Waals surface area (Å²) in [6.45, 7) is 3.94. The minimum Gasteiger partial charge on any atom is -0.480 e. The summed E-state index contributed by atoms with van der Waals surface area (Å²) in [6, 6.07) is 0. The van der Waals surface area contributed by atoms with Gasteiger partial charge in [-0.1, -0.05) is 88.7 Å². The maximum Gasteiger partial charge on any atom is 0.316 e. The first-order valence-electron chi connectivity index (χ1n) is 8.14. The number of carboxylic acids is 1. The normalized spacial score (nSPS) is 12.3. The van der Waals surface area contributed by atoms with E-state index >= 15 is 0 Å². The number of hydrogen-bond acceptors (Lipinski definition) is 4. The lowest BCUT2D eigenvalue weighted by atomic mass is 10.1. The minimum absolute atomic E-state index is 0.433. The van der Waals surface area contributed by atoms with Gasteiger partial charge in [0.05, 0.1) is 0 Å². The molecule has 0 amide bonds. The molecule has 0 rings (SSSR count).